The molecule has 8 aromatic rings. The summed E-state index contributed by atoms with van der Waals surface area (Å²) in [7, 11) is 0. The molecule has 0 spiro atoms. The highest BCUT2D eigenvalue weighted by Gasteiger charge is 2.26. The van der Waals surface area contributed by atoms with E-state index in [9.17, 15) is 24.6 Å². The van der Waals surface area contributed by atoms with Gasteiger partial charge in [-0.1, -0.05) is 56.1 Å². The summed E-state index contributed by atoms with van der Waals surface area (Å²) in [6.45, 7) is 9.37. The minimum absolute atomic E-state index is 0.00927. The molecule has 0 radical (unpaired) electrons. The number of hydrogen-bond donors (Lipinski definition) is 9. The highest BCUT2D eigenvalue weighted by atomic mass is 35.5. The van der Waals surface area contributed by atoms with E-state index in [4.69, 9.17) is 43.2 Å². The predicted molar refractivity (Wildman–Crippen MR) is 270 cm³/mol. The van der Waals surface area contributed by atoms with Crippen LogP contribution in [0, 0.1) is 5.41 Å². The van der Waals surface area contributed by atoms with E-state index >= 15 is 0 Å². The molecule has 23 heteroatoms. The summed E-state index contributed by atoms with van der Waals surface area (Å²) in [6, 6.07) is 18.5. The number of carbonyl (C=O) groups excluding carboxylic acids is 1. The average molecular weight is 1000 g/mol. The van der Waals surface area contributed by atoms with Crippen molar-refractivity contribution < 1.29 is 15.0 Å². The third-order valence-corrected chi connectivity index (χ3v) is 12.1. The molecular weight excluding hydrogens is 952 g/mol. The Hall–Kier alpha value is -7.75. The Labute approximate surface area is 414 Å². The van der Waals surface area contributed by atoms with Gasteiger partial charge in [-0.3, -0.25) is 24.7 Å². The van der Waals surface area contributed by atoms with Gasteiger partial charge in [-0.25, -0.2) is 19.6 Å². The number of fused-ring (bicyclic) bond motifs is 2. The van der Waals surface area contributed by atoms with Gasteiger partial charge in [0.2, 0.25) is 17.7 Å². The van der Waals surface area contributed by atoms with E-state index in [1.54, 1.807) is 51.8 Å². The van der Waals surface area contributed by atoms with Crippen molar-refractivity contribution in [1.29, 1.82) is 0 Å². The molecule has 368 valence electrons. The maximum atomic E-state index is 12.7. The summed E-state index contributed by atoms with van der Waals surface area (Å²) in [6.07, 6.45) is 10.3. The van der Waals surface area contributed by atoms with Crippen molar-refractivity contribution in [1.82, 2.24) is 59.3 Å². The molecule has 0 aliphatic carbocycles. The van der Waals surface area contributed by atoms with Gasteiger partial charge >= 0.3 is 11.4 Å². The summed E-state index contributed by atoms with van der Waals surface area (Å²) in [5, 5.41) is 41.2. The van der Waals surface area contributed by atoms with E-state index in [0.717, 1.165) is 50.1 Å². The molecule has 8 heterocycles. The summed E-state index contributed by atoms with van der Waals surface area (Å²) in [5.41, 5.74) is 3.23. The molecule has 9 N–H and O–H groups in total. The number of anilines is 4. The zero-order valence-electron chi connectivity index (χ0n) is 39.0. The zero-order chi connectivity index (χ0) is 49.8. The predicted octanol–water partition coefficient (Wildman–Crippen LogP) is 3.77. The number of aromatic hydroxyl groups is 2. The lowest BCUT2D eigenvalue weighted by Crippen LogP contribution is -2.41. The zero-order valence-corrected chi connectivity index (χ0v) is 40.5. The van der Waals surface area contributed by atoms with Gasteiger partial charge in [-0.15, -0.1) is 0 Å². The van der Waals surface area contributed by atoms with Gasteiger partial charge in [0.15, 0.2) is 22.3 Å². The van der Waals surface area contributed by atoms with Crippen molar-refractivity contribution in [3.63, 3.8) is 0 Å². The molecule has 6 aromatic heterocycles. The van der Waals surface area contributed by atoms with Gasteiger partial charge in [-0.05, 0) is 92.7 Å². The van der Waals surface area contributed by atoms with Crippen LogP contribution in [0.2, 0.25) is 10.0 Å². The van der Waals surface area contributed by atoms with Gasteiger partial charge in [-0.2, -0.15) is 19.2 Å². The molecule has 0 unspecified atom stereocenters. The Bertz CT molecular complexity index is 3610. The van der Waals surface area contributed by atoms with Crippen LogP contribution in [-0.4, -0.2) is 108 Å². The van der Waals surface area contributed by atoms with Crippen molar-refractivity contribution in [2.45, 2.75) is 65.0 Å². The van der Waals surface area contributed by atoms with Gasteiger partial charge in [0, 0.05) is 63.5 Å². The smallest absolute Gasteiger partial charge is 0.326 e. The van der Waals surface area contributed by atoms with Crippen LogP contribution < -0.4 is 48.7 Å². The van der Waals surface area contributed by atoms with Crippen molar-refractivity contribution >= 4 is 75.6 Å². The minimum atomic E-state index is -0.519. The van der Waals surface area contributed by atoms with Gasteiger partial charge in [0.1, 0.15) is 23.0 Å². The molecule has 71 heavy (non-hydrogen) atoms. The lowest BCUT2D eigenvalue weighted by molar-refractivity contribution is -0.134. The van der Waals surface area contributed by atoms with Gasteiger partial charge in [0.25, 0.3) is 0 Å². The number of imidazole rings is 2. The molecule has 1 amide bonds. The number of benzene rings is 2. The van der Waals surface area contributed by atoms with Crippen molar-refractivity contribution in [2.24, 2.45) is 15.4 Å². The maximum absolute atomic E-state index is 12.7. The van der Waals surface area contributed by atoms with Crippen LogP contribution in [0.3, 0.4) is 0 Å². The third kappa shape index (κ3) is 12.0. The first-order chi connectivity index (χ1) is 34.1. The second-order valence-electron chi connectivity index (χ2n) is 18.5. The molecular formula is C48H52Cl2N16O5. The number of nitrogens with zero attached hydrogens (tertiary/aromatic N) is 9. The number of H-pyrrole nitrogens is 4. The van der Waals surface area contributed by atoms with Crippen LogP contribution in [0.5, 0.6) is 11.8 Å². The number of aromatic nitrogens is 10. The lowest BCUT2D eigenvalue weighted by atomic mass is 9.91. The fraction of sp³-hybridized carbons (Fsp3) is 0.312. The minimum Gasteiger partial charge on any atom is -0.493 e. The van der Waals surface area contributed by atoms with Crippen LogP contribution >= 0.6 is 23.2 Å². The summed E-state index contributed by atoms with van der Waals surface area (Å²) in [5.74, 6) is 0.767. The summed E-state index contributed by atoms with van der Waals surface area (Å²) < 4.78 is 3.30. The van der Waals surface area contributed by atoms with Gasteiger partial charge < -0.3 is 41.0 Å². The Morgan fingerprint density at radius 2 is 1.18 bits per heavy atom. The van der Waals surface area contributed by atoms with Crippen molar-refractivity contribution in [2.75, 3.05) is 36.8 Å². The SMILES string of the molecule is CC(C)(C)CC(=O)N1CCC(N=c2cc(Nc3cccc(Cl)c3)nc3c(=Cc4[nH]c(=O)[nH]c4O)cnn23)CC1.O=c1[nH]c(O)c(C=c2cnn3c(=NC4CCNCC4)cc(Nc4cccc(Cl)c4)nc23)[nH]1. The monoisotopic (exact) mass is 1000 g/mol. The molecule has 2 aliphatic heterocycles. The Morgan fingerprint density at radius 3 is 1.61 bits per heavy atom. The second-order valence-corrected chi connectivity index (χ2v) is 19.4. The number of hydrogen-bond acceptors (Lipinski definition) is 14. The molecule has 10 rings (SSSR count). The molecule has 0 saturated carbocycles. The first-order valence-corrected chi connectivity index (χ1v) is 23.8. The topological polar surface area (TPSA) is 279 Å². The lowest BCUT2D eigenvalue weighted by Gasteiger charge is -2.32. The van der Waals surface area contributed by atoms with E-state index < -0.39 is 11.4 Å². The fourth-order valence-electron chi connectivity index (χ4n) is 8.29. The van der Waals surface area contributed by atoms with E-state index in [-0.39, 0.29) is 46.6 Å². The largest absolute Gasteiger partial charge is 0.493 e. The van der Waals surface area contributed by atoms with E-state index in [2.05, 4.69) is 66.9 Å². The summed E-state index contributed by atoms with van der Waals surface area (Å²) >= 11 is 12.3. The van der Waals surface area contributed by atoms with Gasteiger partial charge in [0.05, 0.1) is 24.5 Å². The van der Waals surface area contributed by atoms with Crippen molar-refractivity contribution in [3.05, 3.63) is 137 Å². The van der Waals surface area contributed by atoms with E-state index in [0.29, 0.717) is 73.9 Å². The van der Waals surface area contributed by atoms with Crippen LogP contribution in [-0.2, 0) is 4.79 Å². The molecule has 2 aliphatic rings. The first kappa shape index (κ1) is 48.3. The number of likely N-dealkylation sites (tertiary alicyclic amines) is 1. The standard InChI is InChI=1S/C27H31ClN8O3.C21H21ClN8O2/c1-27(2,3)14-23(37)35-9-7-18(8-10-35)31-22-13-21(30-19-6-4-5-17(28)12-19)33-24-16(15-29-36(22)24)11-20-25(38)34-26(39)32-20;22-13-2-1-3-15(9-13)25-17-10-18(26-14-4-6-23-7-5-14)30-19(28-17)12(11-24-30)8-16-20(31)29-21(32)27-16/h4-6,11-13,15,18,30,38H,7-10,14H2,1-3H3,(H2,32,34,39);1-3,8-11,14,23,25,31H,4-7H2,(H2,27,29,32). The summed E-state index contributed by atoms with van der Waals surface area (Å²) in [4.78, 5) is 66.8. The number of amides is 1. The number of piperidine rings is 2. The van der Waals surface area contributed by atoms with E-state index in [1.165, 1.54) is 0 Å². The number of nitrogens with one attached hydrogen (secondary N) is 7. The first-order valence-electron chi connectivity index (χ1n) is 23.0. The molecule has 2 fully saturated rings. The van der Waals surface area contributed by atoms with Crippen LogP contribution in [0.15, 0.2) is 92.6 Å². The van der Waals surface area contributed by atoms with Crippen LogP contribution in [0.1, 0.15) is 64.3 Å². The number of rotatable bonds is 9. The maximum Gasteiger partial charge on any atom is 0.326 e. The number of aromatic amines is 4. The molecule has 0 atom stereocenters. The Morgan fingerprint density at radius 1 is 0.718 bits per heavy atom. The Kier molecular flexibility index (Phi) is 14.1. The molecule has 2 saturated heterocycles. The molecule has 2 aromatic carbocycles. The molecule has 21 nitrogen and oxygen atoms in total. The van der Waals surface area contributed by atoms with Crippen LogP contribution in [0.25, 0.3) is 23.4 Å². The number of carbonyl (C=O) groups is 1. The fourth-order valence-corrected chi connectivity index (χ4v) is 8.67. The normalized spacial score (nSPS) is 16.0. The van der Waals surface area contributed by atoms with Crippen molar-refractivity contribution in [3.8, 4) is 11.8 Å². The quantitative estimate of drug-likeness (QED) is 0.100. The second kappa shape index (κ2) is 20.7. The highest BCUT2D eigenvalue weighted by Crippen LogP contribution is 2.24. The van der Waals surface area contributed by atoms with Crippen LogP contribution in [0.4, 0.5) is 23.0 Å². The van der Waals surface area contributed by atoms with E-state index in [1.807, 2.05) is 47.4 Å². The Balaban J connectivity index is 0.000000179. The highest BCUT2D eigenvalue weighted by molar-refractivity contribution is 6.31. The molecule has 0 bridgehead atoms. The number of halogens is 2. The average Bonchev–Trinajstić information content (AvgIpc) is 4.09. The third-order valence-electron chi connectivity index (χ3n) is 11.7.